The lowest BCUT2D eigenvalue weighted by atomic mass is 10.3. The zero-order valence-electron chi connectivity index (χ0n) is 10.3. The number of benzene rings is 1. The summed E-state index contributed by atoms with van der Waals surface area (Å²) < 4.78 is 5.80. The largest absolute Gasteiger partial charge is 0.474 e. The average molecular weight is 309 g/mol. The first-order valence-corrected chi connectivity index (χ1v) is 6.09. The third-order valence-corrected chi connectivity index (χ3v) is 2.87. The van der Waals surface area contributed by atoms with Crippen molar-refractivity contribution in [2.24, 2.45) is 0 Å². The van der Waals surface area contributed by atoms with Gasteiger partial charge in [0.05, 0.1) is 11.6 Å². The molecule has 0 aliphatic carbocycles. The van der Waals surface area contributed by atoms with Crippen LogP contribution in [0.3, 0.4) is 0 Å². The molecule has 0 aromatic heterocycles. The smallest absolute Gasteiger partial charge is 0.153 e. The summed E-state index contributed by atoms with van der Waals surface area (Å²) >= 11 is 11.9. The molecule has 0 amide bonds. The summed E-state index contributed by atoms with van der Waals surface area (Å²) in [6, 6.07) is 5.17. The Bertz CT molecular complexity index is 417. The van der Waals surface area contributed by atoms with E-state index in [4.69, 9.17) is 34.4 Å². The van der Waals surface area contributed by atoms with Crippen molar-refractivity contribution in [3.8, 4) is 18.1 Å². The van der Waals surface area contributed by atoms with Crippen molar-refractivity contribution >= 4 is 35.6 Å². The molecule has 0 bridgehead atoms. The van der Waals surface area contributed by atoms with E-state index < -0.39 is 0 Å². The number of ether oxygens (including phenoxy) is 1. The SMILES string of the molecule is C#CCN(C)C(CC)Oc1ccc(Cl)cc1Cl.Cl. The van der Waals surface area contributed by atoms with Gasteiger partial charge in [-0.2, -0.15) is 0 Å². The lowest BCUT2D eigenvalue weighted by Crippen LogP contribution is -2.36. The summed E-state index contributed by atoms with van der Waals surface area (Å²) in [4.78, 5) is 1.95. The van der Waals surface area contributed by atoms with Crippen molar-refractivity contribution < 1.29 is 4.74 Å². The molecule has 0 radical (unpaired) electrons. The molecule has 0 N–H and O–H groups in total. The molecule has 1 rings (SSSR count). The van der Waals surface area contributed by atoms with Crippen molar-refractivity contribution in [1.29, 1.82) is 0 Å². The maximum atomic E-state index is 6.04. The second-order valence-corrected chi connectivity index (χ2v) is 4.52. The molecule has 0 saturated carbocycles. The predicted molar refractivity (Wildman–Crippen MR) is 79.9 cm³/mol. The first-order chi connectivity index (χ1) is 8.08. The number of hydrogen-bond donors (Lipinski definition) is 0. The Labute approximate surface area is 125 Å². The number of rotatable bonds is 5. The van der Waals surface area contributed by atoms with Gasteiger partial charge in [0.25, 0.3) is 0 Å². The minimum atomic E-state index is -0.0928. The molecule has 0 fully saturated rings. The first kappa shape index (κ1) is 17.4. The monoisotopic (exact) mass is 307 g/mol. The predicted octanol–water partition coefficient (Wildman–Crippen LogP) is 4.10. The average Bonchev–Trinajstić information content (AvgIpc) is 2.28. The van der Waals surface area contributed by atoms with Gasteiger partial charge in [-0.3, -0.25) is 4.90 Å². The van der Waals surface area contributed by atoms with Crippen LogP contribution in [0.4, 0.5) is 0 Å². The number of terminal acetylenes is 1. The fraction of sp³-hybridized carbons (Fsp3) is 0.385. The van der Waals surface area contributed by atoms with Crippen LogP contribution in [0.15, 0.2) is 18.2 Å². The van der Waals surface area contributed by atoms with E-state index in [9.17, 15) is 0 Å². The van der Waals surface area contributed by atoms with E-state index in [2.05, 4.69) is 5.92 Å². The van der Waals surface area contributed by atoms with Gasteiger partial charge in [0.1, 0.15) is 5.75 Å². The Hall–Kier alpha value is -0.590. The van der Waals surface area contributed by atoms with Gasteiger partial charge in [-0.25, -0.2) is 0 Å². The van der Waals surface area contributed by atoms with Gasteiger partial charge in [-0.1, -0.05) is 36.0 Å². The first-order valence-electron chi connectivity index (χ1n) is 5.34. The van der Waals surface area contributed by atoms with Gasteiger partial charge in [0.2, 0.25) is 0 Å². The van der Waals surface area contributed by atoms with Crippen LogP contribution in [0.2, 0.25) is 10.0 Å². The standard InChI is InChI=1S/C13H15Cl2NO.ClH/c1-4-8-16(3)13(5-2)17-12-7-6-10(14)9-11(12)15;/h1,6-7,9,13H,5,8H2,2-3H3;1H. The molecule has 5 heteroatoms. The molecule has 100 valence electrons. The Balaban J connectivity index is 0.00000289. The normalized spacial score (nSPS) is 11.6. The highest BCUT2D eigenvalue weighted by atomic mass is 35.5. The highest BCUT2D eigenvalue weighted by Gasteiger charge is 2.15. The molecule has 1 unspecified atom stereocenters. The Morgan fingerprint density at radius 2 is 2.11 bits per heavy atom. The third kappa shape index (κ3) is 4.96. The molecule has 0 aliphatic rings. The molecule has 1 aromatic rings. The van der Waals surface area contributed by atoms with Crippen LogP contribution in [0.5, 0.6) is 5.75 Å². The zero-order valence-corrected chi connectivity index (χ0v) is 12.6. The highest BCUT2D eigenvalue weighted by molar-refractivity contribution is 6.35. The Morgan fingerprint density at radius 3 is 2.61 bits per heavy atom. The van der Waals surface area contributed by atoms with E-state index in [1.165, 1.54) is 0 Å². The van der Waals surface area contributed by atoms with Crippen LogP contribution < -0.4 is 4.74 Å². The van der Waals surface area contributed by atoms with E-state index in [0.717, 1.165) is 6.42 Å². The molecule has 0 heterocycles. The van der Waals surface area contributed by atoms with Crippen molar-refractivity contribution in [1.82, 2.24) is 4.90 Å². The van der Waals surface area contributed by atoms with Crippen LogP contribution in [-0.4, -0.2) is 24.7 Å². The summed E-state index contributed by atoms with van der Waals surface area (Å²) in [6.45, 7) is 2.56. The van der Waals surface area contributed by atoms with E-state index in [0.29, 0.717) is 22.3 Å². The topological polar surface area (TPSA) is 12.5 Å². The lowest BCUT2D eigenvalue weighted by Gasteiger charge is -2.26. The summed E-state index contributed by atoms with van der Waals surface area (Å²) in [7, 11) is 1.91. The van der Waals surface area contributed by atoms with Crippen molar-refractivity contribution in [2.45, 2.75) is 19.6 Å². The van der Waals surface area contributed by atoms with E-state index in [1.807, 2.05) is 18.9 Å². The molecular formula is C13H16Cl3NO. The quantitative estimate of drug-likeness (QED) is 0.600. The minimum absolute atomic E-state index is 0. The zero-order chi connectivity index (χ0) is 12.8. The molecule has 1 aromatic carbocycles. The van der Waals surface area contributed by atoms with Crippen molar-refractivity contribution in [2.75, 3.05) is 13.6 Å². The molecular weight excluding hydrogens is 293 g/mol. The van der Waals surface area contributed by atoms with Crippen LogP contribution in [0, 0.1) is 12.3 Å². The maximum Gasteiger partial charge on any atom is 0.153 e. The summed E-state index contributed by atoms with van der Waals surface area (Å²) in [5, 5.41) is 1.09. The van der Waals surface area contributed by atoms with Crippen molar-refractivity contribution in [3.63, 3.8) is 0 Å². The van der Waals surface area contributed by atoms with Gasteiger partial charge in [0, 0.05) is 5.02 Å². The number of halogens is 3. The number of hydrogen-bond acceptors (Lipinski definition) is 2. The Kier molecular flexibility index (Phi) is 8.22. The molecule has 18 heavy (non-hydrogen) atoms. The molecule has 0 aliphatic heterocycles. The van der Waals surface area contributed by atoms with Crippen LogP contribution in [-0.2, 0) is 0 Å². The summed E-state index contributed by atoms with van der Waals surface area (Å²) in [6.07, 6.45) is 6.00. The maximum absolute atomic E-state index is 6.04. The fourth-order valence-electron chi connectivity index (χ4n) is 1.45. The summed E-state index contributed by atoms with van der Waals surface area (Å²) in [5.74, 6) is 3.20. The number of nitrogens with zero attached hydrogens (tertiary/aromatic N) is 1. The molecule has 0 spiro atoms. The van der Waals surface area contributed by atoms with Gasteiger partial charge in [-0.15, -0.1) is 18.8 Å². The van der Waals surface area contributed by atoms with E-state index in [-0.39, 0.29) is 18.6 Å². The van der Waals surface area contributed by atoms with Gasteiger partial charge in [-0.05, 0) is 31.7 Å². The Morgan fingerprint density at radius 1 is 1.44 bits per heavy atom. The fourth-order valence-corrected chi connectivity index (χ4v) is 1.90. The molecule has 1 atom stereocenters. The molecule has 0 saturated heterocycles. The second-order valence-electron chi connectivity index (χ2n) is 3.67. The van der Waals surface area contributed by atoms with Crippen LogP contribution >= 0.6 is 35.6 Å². The highest BCUT2D eigenvalue weighted by Crippen LogP contribution is 2.28. The van der Waals surface area contributed by atoms with Gasteiger partial charge < -0.3 is 4.74 Å². The third-order valence-electron chi connectivity index (χ3n) is 2.34. The van der Waals surface area contributed by atoms with E-state index >= 15 is 0 Å². The van der Waals surface area contributed by atoms with Gasteiger partial charge in [0.15, 0.2) is 6.23 Å². The lowest BCUT2D eigenvalue weighted by molar-refractivity contribution is 0.0519. The minimum Gasteiger partial charge on any atom is -0.474 e. The van der Waals surface area contributed by atoms with Gasteiger partial charge >= 0.3 is 0 Å². The van der Waals surface area contributed by atoms with E-state index in [1.54, 1.807) is 18.2 Å². The van der Waals surface area contributed by atoms with Crippen LogP contribution in [0.1, 0.15) is 13.3 Å². The van der Waals surface area contributed by atoms with Crippen LogP contribution in [0.25, 0.3) is 0 Å². The molecule has 2 nitrogen and oxygen atoms in total. The van der Waals surface area contributed by atoms with Crippen molar-refractivity contribution in [3.05, 3.63) is 28.2 Å². The second kappa shape index (κ2) is 8.50. The summed E-state index contributed by atoms with van der Waals surface area (Å²) in [5.41, 5.74) is 0.